The van der Waals surface area contributed by atoms with Crippen LogP contribution in [0.4, 0.5) is 0 Å². The molecule has 6 rings (SSSR count). The van der Waals surface area contributed by atoms with Crippen LogP contribution < -0.4 is 14.2 Å². The van der Waals surface area contributed by atoms with Gasteiger partial charge in [-0.05, 0) is 49.8 Å². The maximum atomic E-state index is 13.5. The minimum Gasteiger partial charge on any atom is -0.497 e. The number of fused-ring (bicyclic) bond motifs is 3. The van der Waals surface area contributed by atoms with Crippen LogP contribution >= 0.6 is 0 Å². The molecule has 2 aliphatic heterocycles. The Kier molecular flexibility index (Phi) is 5.34. The van der Waals surface area contributed by atoms with E-state index in [0.29, 0.717) is 30.3 Å². The number of rotatable bonds is 4. The predicted molar refractivity (Wildman–Crippen MR) is 139 cm³/mol. The first-order valence-corrected chi connectivity index (χ1v) is 12.1. The molecule has 0 radical (unpaired) electrons. The zero-order chi connectivity index (χ0) is 25.0. The average Bonchev–Trinajstić information content (AvgIpc) is 3.39. The van der Waals surface area contributed by atoms with Crippen LogP contribution in [0.2, 0.25) is 0 Å². The van der Waals surface area contributed by atoms with Crippen molar-refractivity contribution in [2.75, 3.05) is 13.8 Å². The molecule has 1 aromatic heterocycles. The molecule has 1 unspecified atom stereocenters. The van der Waals surface area contributed by atoms with Crippen molar-refractivity contribution >= 4 is 22.8 Å². The Bertz CT molecular complexity index is 1530. The molecule has 0 fully saturated rings. The molecule has 0 spiro atoms. The molecule has 4 aromatic rings. The molecule has 3 aromatic carbocycles. The van der Waals surface area contributed by atoms with Crippen molar-refractivity contribution in [3.8, 4) is 17.2 Å². The number of hydrogen-bond acceptors (Lipinski definition) is 5. The summed E-state index contributed by atoms with van der Waals surface area (Å²) in [6, 6.07) is 18.5. The fourth-order valence-corrected chi connectivity index (χ4v) is 5.24. The summed E-state index contributed by atoms with van der Waals surface area (Å²) in [4.78, 5) is 15.7. The number of ether oxygens (including phenoxy) is 3. The van der Waals surface area contributed by atoms with E-state index in [-0.39, 0.29) is 11.8 Å². The lowest BCUT2D eigenvalue weighted by molar-refractivity contribution is 0.0609. The summed E-state index contributed by atoms with van der Waals surface area (Å²) in [7, 11) is 3.64. The summed E-state index contributed by atoms with van der Waals surface area (Å²) < 4.78 is 19.8. The third-order valence-electron chi connectivity index (χ3n) is 7.31. The van der Waals surface area contributed by atoms with Gasteiger partial charge in [0, 0.05) is 53.4 Å². The molecule has 0 amide bonds. The topological polar surface area (TPSA) is 52.9 Å². The number of benzene rings is 3. The quantitative estimate of drug-likeness (QED) is 0.334. The van der Waals surface area contributed by atoms with Gasteiger partial charge in [0.05, 0.1) is 12.7 Å². The number of nitrogens with zero attached hydrogens (tertiary/aromatic N) is 2. The van der Waals surface area contributed by atoms with Gasteiger partial charge >= 0.3 is 0 Å². The zero-order valence-electron chi connectivity index (χ0n) is 20.9. The largest absolute Gasteiger partial charge is 0.497 e. The second-order valence-electron chi connectivity index (χ2n) is 9.49. The maximum absolute atomic E-state index is 13.5. The summed E-state index contributed by atoms with van der Waals surface area (Å²) >= 11 is 0. The lowest BCUT2D eigenvalue weighted by atomic mass is 9.99. The van der Waals surface area contributed by atoms with Crippen molar-refractivity contribution in [1.82, 2.24) is 9.47 Å². The second-order valence-corrected chi connectivity index (χ2v) is 9.49. The fraction of sp³-hybridized carbons (Fsp3) is 0.233. The van der Waals surface area contributed by atoms with Crippen molar-refractivity contribution in [3.63, 3.8) is 0 Å². The maximum Gasteiger partial charge on any atom is 0.231 e. The van der Waals surface area contributed by atoms with Crippen molar-refractivity contribution in [3.05, 3.63) is 94.4 Å². The van der Waals surface area contributed by atoms with Gasteiger partial charge in [-0.2, -0.15) is 0 Å². The van der Waals surface area contributed by atoms with Gasteiger partial charge in [-0.3, -0.25) is 9.69 Å². The van der Waals surface area contributed by atoms with Gasteiger partial charge in [0.25, 0.3) is 0 Å². The smallest absolute Gasteiger partial charge is 0.231 e. The van der Waals surface area contributed by atoms with Gasteiger partial charge in [0.2, 0.25) is 5.78 Å². The van der Waals surface area contributed by atoms with E-state index in [2.05, 4.69) is 36.1 Å². The molecule has 1 atom stereocenters. The predicted octanol–water partition coefficient (Wildman–Crippen LogP) is 6.02. The van der Waals surface area contributed by atoms with Crippen LogP contribution in [0, 0.1) is 6.92 Å². The third kappa shape index (κ3) is 3.57. The van der Waals surface area contributed by atoms with Crippen LogP contribution in [0.15, 0.2) is 66.6 Å². The van der Waals surface area contributed by atoms with Gasteiger partial charge in [-0.1, -0.05) is 30.3 Å². The number of ketones is 1. The number of carbonyl (C=O) groups excluding carboxylic acids is 1. The van der Waals surface area contributed by atoms with Crippen LogP contribution in [0.1, 0.15) is 45.6 Å². The highest BCUT2D eigenvalue weighted by Crippen LogP contribution is 2.44. The van der Waals surface area contributed by atoms with Gasteiger partial charge < -0.3 is 18.8 Å². The second kappa shape index (κ2) is 8.57. The van der Waals surface area contributed by atoms with Crippen LogP contribution in [0.5, 0.6) is 17.2 Å². The van der Waals surface area contributed by atoms with Crippen LogP contribution in [-0.2, 0) is 13.6 Å². The molecule has 2 aliphatic rings. The molecule has 3 heterocycles. The van der Waals surface area contributed by atoms with E-state index < -0.39 is 0 Å². The third-order valence-corrected chi connectivity index (χ3v) is 7.31. The lowest BCUT2D eigenvalue weighted by Gasteiger charge is -2.34. The highest BCUT2D eigenvalue weighted by Gasteiger charge is 2.34. The molecule has 6 nitrogen and oxygen atoms in total. The zero-order valence-corrected chi connectivity index (χ0v) is 20.9. The lowest BCUT2D eigenvalue weighted by Crippen LogP contribution is -2.34. The first-order chi connectivity index (χ1) is 17.4. The summed E-state index contributed by atoms with van der Waals surface area (Å²) in [6.45, 7) is 5.33. The Hall–Kier alpha value is -4.03. The minimum atomic E-state index is -0.107. The number of hydrogen-bond donors (Lipinski definition) is 0. The highest BCUT2D eigenvalue weighted by atomic mass is 16.5. The molecule has 0 saturated heterocycles. The SMILES string of the molecule is COc1ccc2c(c1)c(/C=C1\Oc3c(cc4c(c3C)OCN(C(C)c3ccccc3)C4)C1=O)cn2C. The number of Topliss-reactive ketones (excluding diaryl/α,β-unsaturated/α-hetero) is 1. The molecule has 182 valence electrons. The first kappa shape index (κ1) is 22.4. The Morgan fingerprint density at radius 1 is 1.08 bits per heavy atom. The molecule has 0 bridgehead atoms. The monoisotopic (exact) mass is 480 g/mol. The van der Waals surface area contributed by atoms with Gasteiger partial charge in [-0.25, -0.2) is 0 Å². The van der Waals surface area contributed by atoms with E-state index in [1.54, 1.807) is 7.11 Å². The number of aryl methyl sites for hydroxylation is 1. The molecule has 6 heteroatoms. The average molecular weight is 481 g/mol. The summed E-state index contributed by atoms with van der Waals surface area (Å²) in [5, 5.41) is 1.00. The standard InChI is InChI=1S/C30H28N2O4/c1-18-29-22(16-32(17-35-29)19(2)20-8-6-5-7-9-20)12-25-28(33)27(36-30(18)25)13-21-15-31(3)26-11-10-23(34-4)14-24(21)26/h5-15,19H,16-17H2,1-4H3/b27-13-. The molecule has 36 heavy (non-hydrogen) atoms. The fourth-order valence-electron chi connectivity index (χ4n) is 5.24. The van der Waals surface area contributed by atoms with E-state index in [1.807, 2.05) is 61.1 Å². The van der Waals surface area contributed by atoms with E-state index in [1.165, 1.54) is 5.56 Å². The van der Waals surface area contributed by atoms with Crippen LogP contribution in [0.25, 0.3) is 17.0 Å². The number of carbonyl (C=O) groups is 1. The van der Waals surface area contributed by atoms with E-state index >= 15 is 0 Å². The van der Waals surface area contributed by atoms with E-state index in [0.717, 1.165) is 39.1 Å². The van der Waals surface area contributed by atoms with Crippen molar-refractivity contribution in [1.29, 1.82) is 0 Å². The van der Waals surface area contributed by atoms with Gasteiger partial charge in [0.15, 0.2) is 5.76 Å². The molecule has 0 saturated carbocycles. The number of allylic oxidation sites excluding steroid dienone is 1. The molecule has 0 aliphatic carbocycles. The van der Waals surface area contributed by atoms with Crippen LogP contribution in [-0.4, -0.2) is 29.1 Å². The van der Waals surface area contributed by atoms with E-state index in [9.17, 15) is 4.79 Å². The Balaban J connectivity index is 1.34. The molecular weight excluding hydrogens is 452 g/mol. The summed E-state index contributed by atoms with van der Waals surface area (Å²) in [6.07, 6.45) is 3.83. The van der Waals surface area contributed by atoms with Gasteiger partial charge in [-0.15, -0.1) is 0 Å². The molecular formula is C30H28N2O4. The Morgan fingerprint density at radius 3 is 2.67 bits per heavy atom. The summed E-state index contributed by atoms with van der Waals surface area (Å²) in [5.74, 6) is 2.39. The highest BCUT2D eigenvalue weighted by molar-refractivity contribution is 6.15. The number of methoxy groups -OCH3 is 1. The van der Waals surface area contributed by atoms with Crippen molar-refractivity contribution in [2.24, 2.45) is 7.05 Å². The summed E-state index contributed by atoms with van der Waals surface area (Å²) in [5.41, 5.74) is 5.66. The first-order valence-electron chi connectivity index (χ1n) is 12.1. The Labute approximate surface area is 210 Å². The molecule has 0 N–H and O–H groups in total. The van der Waals surface area contributed by atoms with Crippen molar-refractivity contribution < 1.29 is 19.0 Å². The minimum absolute atomic E-state index is 0.107. The van der Waals surface area contributed by atoms with Gasteiger partial charge in [0.1, 0.15) is 24.0 Å². The van der Waals surface area contributed by atoms with E-state index in [4.69, 9.17) is 14.2 Å². The normalized spacial score (nSPS) is 17.0. The number of aromatic nitrogens is 1. The van der Waals surface area contributed by atoms with Crippen molar-refractivity contribution in [2.45, 2.75) is 26.4 Å². The Morgan fingerprint density at radius 2 is 1.89 bits per heavy atom. The van der Waals surface area contributed by atoms with Crippen LogP contribution in [0.3, 0.4) is 0 Å².